The fourth-order valence-corrected chi connectivity index (χ4v) is 3.00. The van der Waals surface area contributed by atoms with Gasteiger partial charge in [-0.05, 0) is 36.9 Å². The van der Waals surface area contributed by atoms with Crippen LogP contribution >= 0.6 is 0 Å². The molecule has 1 aliphatic heterocycles. The summed E-state index contributed by atoms with van der Waals surface area (Å²) < 4.78 is 39.0. The summed E-state index contributed by atoms with van der Waals surface area (Å²) in [4.78, 5) is 13.0. The van der Waals surface area contributed by atoms with Gasteiger partial charge in [0.1, 0.15) is 6.04 Å². The molecule has 0 amide bonds. The van der Waals surface area contributed by atoms with E-state index in [9.17, 15) is 23.1 Å². The predicted molar refractivity (Wildman–Crippen MR) is 71.7 cm³/mol. The first kappa shape index (κ1) is 15.8. The number of carboxylic acid groups (broad SMARTS) is 1. The van der Waals surface area contributed by atoms with Crippen LogP contribution in [0.1, 0.15) is 30.9 Å². The van der Waals surface area contributed by atoms with Gasteiger partial charge in [-0.3, -0.25) is 9.69 Å². The van der Waals surface area contributed by atoms with E-state index in [-0.39, 0.29) is 18.0 Å². The summed E-state index contributed by atoms with van der Waals surface area (Å²) in [5.41, 5.74) is -0.558. The topological polar surface area (TPSA) is 40.5 Å². The Labute approximate surface area is 121 Å². The minimum absolute atomic E-state index is 0.0109. The van der Waals surface area contributed by atoms with Gasteiger partial charge in [-0.1, -0.05) is 25.1 Å². The van der Waals surface area contributed by atoms with Crippen molar-refractivity contribution in [3.05, 3.63) is 35.4 Å². The van der Waals surface area contributed by atoms with Gasteiger partial charge < -0.3 is 5.11 Å². The zero-order valence-electron chi connectivity index (χ0n) is 11.7. The Bertz CT molecular complexity index is 516. The van der Waals surface area contributed by atoms with Gasteiger partial charge in [0, 0.05) is 6.54 Å². The van der Waals surface area contributed by atoms with Crippen LogP contribution in [0.2, 0.25) is 0 Å². The Hall–Kier alpha value is -1.56. The normalized spacial score (nSPS) is 24.0. The minimum atomic E-state index is -4.42. The lowest BCUT2D eigenvalue weighted by molar-refractivity contribution is -0.147. The van der Waals surface area contributed by atoms with Crippen molar-refractivity contribution >= 4 is 5.97 Å². The second kappa shape index (κ2) is 6.05. The highest BCUT2D eigenvalue weighted by Gasteiger charge is 2.37. The lowest BCUT2D eigenvalue weighted by Gasteiger charge is -2.37. The van der Waals surface area contributed by atoms with Crippen LogP contribution in [-0.2, 0) is 17.5 Å². The molecule has 0 saturated carbocycles. The molecular weight excluding hydrogens is 283 g/mol. The number of rotatable bonds is 3. The number of aliphatic carboxylic acids is 1. The standard InChI is InChI=1S/C15H18F3NO2/c1-10-5-4-8-19(13(10)14(20)21)9-11-6-2-3-7-12(11)15(16,17)18/h2-3,6-7,10,13H,4-5,8-9H2,1H3,(H,20,21). The van der Waals surface area contributed by atoms with Crippen molar-refractivity contribution in [3.63, 3.8) is 0 Å². The molecule has 1 saturated heterocycles. The quantitative estimate of drug-likeness (QED) is 0.930. The molecule has 21 heavy (non-hydrogen) atoms. The predicted octanol–water partition coefficient (Wildman–Crippen LogP) is 3.39. The van der Waals surface area contributed by atoms with Gasteiger partial charge in [0.15, 0.2) is 0 Å². The van der Waals surface area contributed by atoms with Crippen molar-refractivity contribution in [2.45, 2.75) is 38.5 Å². The average Bonchev–Trinajstić information content (AvgIpc) is 2.37. The molecule has 2 atom stereocenters. The van der Waals surface area contributed by atoms with Crippen LogP contribution in [0.3, 0.4) is 0 Å². The first-order chi connectivity index (χ1) is 9.80. The largest absolute Gasteiger partial charge is 0.480 e. The van der Waals surface area contributed by atoms with Gasteiger partial charge in [0.05, 0.1) is 5.56 Å². The average molecular weight is 301 g/mol. The maximum Gasteiger partial charge on any atom is 0.416 e. The van der Waals surface area contributed by atoms with Crippen molar-refractivity contribution in [1.82, 2.24) is 4.90 Å². The van der Waals surface area contributed by atoms with Crippen LogP contribution in [0.5, 0.6) is 0 Å². The fourth-order valence-electron chi connectivity index (χ4n) is 3.00. The molecule has 0 bridgehead atoms. The Morgan fingerprint density at radius 3 is 2.67 bits per heavy atom. The number of benzene rings is 1. The van der Waals surface area contributed by atoms with E-state index in [2.05, 4.69) is 0 Å². The van der Waals surface area contributed by atoms with Crippen molar-refractivity contribution in [1.29, 1.82) is 0 Å². The second-order valence-electron chi connectivity index (χ2n) is 5.53. The van der Waals surface area contributed by atoms with Crippen molar-refractivity contribution in [3.8, 4) is 0 Å². The van der Waals surface area contributed by atoms with Gasteiger partial charge in [-0.25, -0.2) is 0 Å². The summed E-state index contributed by atoms with van der Waals surface area (Å²) in [6.45, 7) is 2.35. The van der Waals surface area contributed by atoms with E-state index in [0.717, 1.165) is 18.9 Å². The van der Waals surface area contributed by atoms with E-state index in [1.54, 1.807) is 11.0 Å². The maximum atomic E-state index is 13.0. The van der Waals surface area contributed by atoms with E-state index in [0.29, 0.717) is 6.54 Å². The molecule has 1 fully saturated rings. The van der Waals surface area contributed by atoms with Crippen LogP contribution in [0.4, 0.5) is 13.2 Å². The van der Waals surface area contributed by atoms with Crippen molar-refractivity contribution < 1.29 is 23.1 Å². The van der Waals surface area contributed by atoms with Crippen LogP contribution in [0.25, 0.3) is 0 Å². The highest BCUT2D eigenvalue weighted by Crippen LogP contribution is 2.33. The number of hydrogen-bond donors (Lipinski definition) is 1. The molecule has 1 aliphatic rings. The fraction of sp³-hybridized carbons (Fsp3) is 0.533. The molecule has 116 valence electrons. The van der Waals surface area contributed by atoms with Crippen LogP contribution < -0.4 is 0 Å². The van der Waals surface area contributed by atoms with Gasteiger partial charge in [0.2, 0.25) is 0 Å². The van der Waals surface area contributed by atoms with E-state index >= 15 is 0 Å². The summed E-state index contributed by atoms with van der Waals surface area (Å²) in [7, 11) is 0. The van der Waals surface area contributed by atoms with Crippen LogP contribution in [-0.4, -0.2) is 28.6 Å². The lowest BCUT2D eigenvalue weighted by Crippen LogP contribution is -2.48. The van der Waals surface area contributed by atoms with Gasteiger partial charge in [-0.15, -0.1) is 0 Å². The number of hydrogen-bond acceptors (Lipinski definition) is 2. The molecule has 0 radical (unpaired) electrons. The zero-order valence-corrected chi connectivity index (χ0v) is 11.7. The number of carbonyl (C=O) groups is 1. The highest BCUT2D eigenvalue weighted by atomic mass is 19.4. The summed E-state index contributed by atoms with van der Waals surface area (Å²) in [6.07, 6.45) is -2.83. The smallest absolute Gasteiger partial charge is 0.416 e. The molecule has 3 nitrogen and oxygen atoms in total. The number of carboxylic acids is 1. The first-order valence-corrected chi connectivity index (χ1v) is 6.92. The maximum absolute atomic E-state index is 13.0. The zero-order chi connectivity index (χ0) is 15.6. The number of alkyl halides is 3. The molecule has 6 heteroatoms. The third kappa shape index (κ3) is 3.56. The van der Waals surface area contributed by atoms with Crippen molar-refractivity contribution in [2.24, 2.45) is 5.92 Å². The van der Waals surface area contributed by atoms with E-state index in [4.69, 9.17) is 0 Å². The number of nitrogens with zero attached hydrogens (tertiary/aromatic N) is 1. The second-order valence-corrected chi connectivity index (χ2v) is 5.53. The molecule has 1 aromatic rings. The Kier molecular flexibility index (Phi) is 4.56. The first-order valence-electron chi connectivity index (χ1n) is 6.92. The molecule has 2 unspecified atom stereocenters. The molecule has 2 rings (SSSR count). The Morgan fingerprint density at radius 2 is 2.05 bits per heavy atom. The summed E-state index contributed by atoms with van der Waals surface area (Å²) in [6, 6.07) is 4.63. The number of piperidine rings is 1. The number of likely N-dealkylation sites (tertiary alicyclic amines) is 1. The van der Waals surface area contributed by atoms with Crippen LogP contribution in [0, 0.1) is 5.92 Å². The van der Waals surface area contributed by atoms with E-state index < -0.39 is 23.8 Å². The van der Waals surface area contributed by atoms with Gasteiger partial charge >= 0.3 is 12.1 Å². The highest BCUT2D eigenvalue weighted by molar-refractivity contribution is 5.74. The van der Waals surface area contributed by atoms with E-state index in [1.807, 2.05) is 6.92 Å². The minimum Gasteiger partial charge on any atom is -0.480 e. The molecule has 1 aromatic carbocycles. The van der Waals surface area contributed by atoms with Gasteiger partial charge in [-0.2, -0.15) is 13.2 Å². The van der Waals surface area contributed by atoms with Gasteiger partial charge in [0.25, 0.3) is 0 Å². The SMILES string of the molecule is CC1CCCN(Cc2ccccc2C(F)(F)F)C1C(=O)O. The third-order valence-corrected chi connectivity index (χ3v) is 3.99. The monoisotopic (exact) mass is 301 g/mol. The van der Waals surface area contributed by atoms with E-state index in [1.165, 1.54) is 12.1 Å². The van der Waals surface area contributed by atoms with Crippen molar-refractivity contribution in [2.75, 3.05) is 6.54 Å². The molecule has 0 aliphatic carbocycles. The Balaban J connectivity index is 2.26. The summed E-state index contributed by atoms with van der Waals surface area (Å²) in [5.74, 6) is -1.03. The summed E-state index contributed by atoms with van der Waals surface area (Å²) in [5, 5.41) is 9.32. The molecule has 1 heterocycles. The summed E-state index contributed by atoms with van der Waals surface area (Å²) >= 11 is 0. The third-order valence-electron chi connectivity index (χ3n) is 3.99. The number of halogens is 3. The molecule has 0 spiro atoms. The lowest BCUT2D eigenvalue weighted by atomic mass is 9.90. The molecule has 0 aromatic heterocycles. The molecular formula is C15H18F3NO2. The Morgan fingerprint density at radius 1 is 1.38 bits per heavy atom. The van der Waals surface area contributed by atoms with Crippen LogP contribution in [0.15, 0.2) is 24.3 Å². The molecule has 1 N–H and O–H groups in total.